The highest BCUT2D eigenvalue weighted by Gasteiger charge is 2.38. The van der Waals surface area contributed by atoms with Crippen molar-refractivity contribution >= 4 is 21.5 Å². The lowest BCUT2D eigenvalue weighted by molar-refractivity contribution is -0.295. The molecule has 0 amide bonds. The molecular formula is C73H88O14. The summed E-state index contributed by atoms with van der Waals surface area (Å²) in [5, 5.41) is 14.2. The van der Waals surface area contributed by atoms with Crippen molar-refractivity contribution in [2.45, 2.75) is 121 Å². The van der Waals surface area contributed by atoms with E-state index in [1.165, 1.54) is 5.56 Å². The monoisotopic (exact) mass is 1190 g/mol. The van der Waals surface area contributed by atoms with Gasteiger partial charge in [-0.15, -0.1) is 0 Å². The minimum atomic E-state index is -0.331. The van der Waals surface area contributed by atoms with Crippen LogP contribution < -0.4 is 28.4 Å². The van der Waals surface area contributed by atoms with Gasteiger partial charge >= 0.3 is 0 Å². The lowest BCUT2D eigenvalue weighted by atomic mass is 9.79. The maximum atomic E-state index is 9.74. The molecular weight excluding hydrogens is 1100 g/mol. The van der Waals surface area contributed by atoms with Crippen LogP contribution in [-0.2, 0) is 59.7 Å². The van der Waals surface area contributed by atoms with Crippen molar-refractivity contribution < 1.29 is 67.0 Å². The van der Waals surface area contributed by atoms with E-state index >= 15 is 0 Å². The number of benzene rings is 8. The molecule has 0 bridgehead atoms. The molecule has 0 radical (unpaired) electrons. The van der Waals surface area contributed by atoms with Crippen LogP contribution in [0, 0.1) is 0 Å². The normalized spacial score (nSPS) is 18.2. The van der Waals surface area contributed by atoms with Gasteiger partial charge in [0.05, 0.1) is 99.6 Å². The average molecular weight is 1190 g/mol. The summed E-state index contributed by atoms with van der Waals surface area (Å²) in [4.78, 5) is 4.96. The van der Waals surface area contributed by atoms with Crippen molar-refractivity contribution in [1.82, 2.24) is 0 Å². The second-order valence-electron chi connectivity index (χ2n) is 21.7. The van der Waals surface area contributed by atoms with Gasteiger partial charge in [-0.25, -0.2) is 4.89 Å². The smallest absolute Gasteiger partial charge is 0.146 e. The molecule has 2 aliphatic rings. The van der Waals surface area contributed by atoms with E-state index in [0.717, 1.165) is 135 Å². The number of rotatable bonds is 30. The molecule has 2 aliphatic carbocycles. The van der Waals surface area contributed by atoms with E-state index in [1.54, 1.807) is 35.5 Å². The van der Waals surface area contributed by atoms with Gasteiger partial charge in [-0.2, -0.15) is 0 Å². The number of hydrogen-bond acceptors (Lipinski definition) is 14. The van der Waals surface area contributed by atoms with E-state index in [-0.39, 0.29) is 50.5 Å². The minimum Gasteiger partial charge on any atom is -0.496 e. The Morgan fingerprint density at radius 2 is 0.805 bits per heavy atom. The van der Waals surface area contributed by atoms with Crippen molar-refractivity contribution in [2.24, 2.45) is 0 Å². The Bertz CT molecular complexity index is 3280. The highest BCUT2D eigenvalue weighted by Crippen LogP contribution is 2.41. The van der Waals surface area contributed by atoms with Gasteiger partial charge in [-0.3, -0.25) is 5.26 Å². The summed E-state index contributed by atoms with van der Waals surface area (Å²) in [6, 6.07) is 57.1. The first kappa shape index (κ1) is 65.7. The van der Waals surface area contributed by atoms with E-state index < -0.39 is 0 Å². The van der Waals surface area contributed by atoms with Crippen molar-refractivity contribution in [3.63, 3.8) is 0 Å². The predicted octanol–water partition coefficient (Wildman–Crippen LogP) is 15.9. The van der Waals surface area contributed by atoms with Gasteiger partial charge in [-0.05, 0) is 132 Å². The third-order valence-corrected chi connectivity index (χ3v) is 16.1. The maximum absolute atomic E-state index is 9.74. The Labute approximate surface area is 514 Å². The lowest BCUT2D eigenvalue weighted by Gasteiger charge is -2.38. The number of fused-ring (bicyclic) bond motifs is 2. The summed E-state index contributed by atoms with van der Waals surface area (Å²) in [5.41, 5.74) is 6.45. The quantitative estimate of drug-likeness (QED) is 0.0198. The van der Waals surface area contributed by atoms with Crippen molar-refractivity contribution in [2.75, 3.05) is 68.8 Å². The Morgan fingerprint density at radius 1 is 0.402 bits per heavy atom. The summed E-state index contributed by atoms with van der Waals surface area (Å²) in [6.07, 6.45) is 6.72. The van der Waals surface area contributed by atoms with Crippen LogP contribution in [0.15, 0.2) is 170 Å². The Kier molecular flexibility index (Phi) is 26.4. The van der Waals surface area contributed by atoms with Crippen molar-refractivity contribution in [3.05, 3.63) is 203 Å². The van der Waals surface area contributed by atoms with Crippen LogP contribution in [0.1, 0.15) is 104 Å². The molecule has 10 rings (SSSR count). The summed E-state index contributed by atoms with van der Waals surface area (Å²) in [6.45, 7) is 4.56. The topological polar surface area (TPSA) is 140 Å². The Morgan fingerprint density at radius 3 is 1.24 bits per heavy atom. The van der Waals surface area contributed by atoms with E-state index in [2.05, 4.69) is 54.6 Å². The highest BCUT2D eigenvalue weighted by atomic mass is 17.1. The van der Waals surface area contributed by atoms with Crippen LogP contribution in [-0.4, -0.2) is 98.4 Å². The molecule has 0 spiro atoms. The van der Waals surface area contributed by atoms with Crippen molar-refractivity contribution in [3.8, 4) is 34.5 Å². The average Bonchev–Trinajstić information content (AvgIpc) is 3.11. The van der Waals surface area contributed by atoms with E-state index in [4.69, 9.17) is 61.7 Å². The molecule has 2 fully saturated rings. The first-order valence-electron chi connectivity index (χ1n) is 30.0. The zero-order chi connectivity index (χ0) is 59.7. The minimum absolute atomic E-state index is 0. The maximum Gasteiger partial charge on any atom is 0.146 e. The molecule has 1 N–H and O–H groups in total. The second kappa shape index (κ2) is 34.9. The number of ether oxygens (including phenoxy) is 12. The van der Waals surface area contributed by atoms with Crippen LogP contribution in [0.3, 0.4) is 0 Å². The molecule has 0 unspecified atom stereocenters. The van der Waals surface area contributed by atoms with Crippen molar-refractivity contribution in [1.29, 1.82) is 0 Å². The van der Waals surface area contributed by atoms with Crippen LogP contribution in [0.2, 0.25) is 0 Å². The van der Waals surface area contributed by atoms with Gasteiger partial charge in [-0.1, -0.05) is 117 Å². The van der Waals surface area contributed by atoms with Gasteiger partial charge < -0.3 is 56.8 Å². The first-order chi connectivity index (χ1) is 42.4. The SMILES string of the molecule is C.COCO[C@@H]1CCC[C@H](OCc2cc(OC)c3ccccc3c2)[C@H]1c1ccc(OCCCOCc2ccccc2OC)cc1.COc1ccccc1COCCCOc1ccc([C@@H]2[C@@H](OCc3cc(OC)c4ccccc4c3)CCC[C@H]2OO)cc1. The molecule has 0 aliphatic heterocycles. The molecule has 0 aromatic heterocycles. The van der Waals surface area contributed by atoms with Crippen LogP contribution in [0.25, 0.3) is 21.5 Å². The fourth-order valence-corrected chi connectivity index (χ4v) is 11.8. The summed E-state index contributed by atoms with van der Waals surface area (Å²) < 4.78 is 70.3. The van der Waals surface area contributed by atoms with Crippen LogP contribution in [0.5, 0.6) is 34.5 Å². The third-order valence-electron chi connectivity index (χ3n) is 16.1. The van der Waals surface area contributed by atoms with Crippen LogP contribution in [0.4, 0.5) is 0 Å². The summed E-state index contributed by atoms with van der Waals surface area (Å²) in [7, 11) is 8.41. The molecule has 6 atom stereocenters. The third kappa shape index (κ3) is 18.4. The highest BCUT2D eigenvalue weighted by molar-refractivity contribution is 5.89. The van der Waals surface area contributed by atoms with E-state index in [9.17, 15) is 5.26 Å². The first-order valence-corrected chi connectivity index (χ1v) is 30.0. The molecule has 8 aromatic carbocycles. The molecule has 8 aromatic rings. The molecule has 14 nitrogen and oxygen atoms in total. The number of para-hydroxylation sites is 2. The fourth-order valence-electron chi connectivity index (χ4n) is 11.8. The second-order valence-corrected chi connectivity index (χ2v) is 21.7. The lowest BCUT2D eigenvalue weighted by Crippen LogP contribution is -2.38. The fraction of sp³-hybridized carbons (Fsp3) is 0.397. The Hall–Kier alpha value is -7.24. The standard InChI is InChI=1S/C37H44O7.C35H40O7.CH4/c1-38-26-44-35-15-8-14-34(43-24-27-22-29-10-4-6-12-32(29)36(23-27)40-3)37(35)28-16-18-31(19-17-28)42-21-9-20-41-25-30-11-5-7-13-33(30)39-2;1-37-31-12-6-4-10-28(31)24-39-19-8-20-40-29-17-15-26(16-18-29)35-32(13-7-14-33(35)42-36)41-23-25-21-27-9-3-5-11-30(27)34(22-25)38-2;/h4-7,10-13,16-19,22-23,34-35,37H,8-9,14-15,20-21,24-26H2,1-3H3;3-6,9-12,15-18,21-22,32-33,35-36H,7-8,13-14,19-20,23-24H2,1-2H3;1H4/t34-,35+,37+;32-,33+,35+;/m00./s1. The summed E-state index contributed by atoms with van der Waals surface area (Å²) in [5.74, 6) is 5.00. The van der Waals surface area contributed by atoms with Gasteiger partial charge in [0.15, 0.2) is 0 Å². The van der Waals surface area contributed by atoms with Gasteiger partial charge in [0, 0.05) is 53.7 Å². The molecule has 2 saturated carbocycles. The van der Waals surface area contributed by atoms with E-state index in [1.807, 2.05) is 115 Å². The predicted molar refractivity (Wildman–Crippen MR) is 341 cm³/mol. The van der Waals surface area contributed by atoms with Crippen LogP contribution >= 0.6 is 0 Å². The largest absolute Gasteiger partial charge is 0.496 e. The number of hydrogen-bond donors (Lipinski definition) is 1. The Balaban J connectivity index is 0.000000223. The van der Waals surface area contributed by atoms with Gasteiger partial charge in [0.25, 0.3) is 0 Å². The summed E-state index contributed by atoms with van der Waals surface area (Å²) >= 11 is 0. The van der Waals surface area contributed by atoms with E-state index in [0.29, 0.717) is 52.9 Å². The molecule has 0 saturated heterocycles. The number of methoxy groups -OCH3 is 5. The zero-order valence-corrected chi connectivity index (χ0v) is 50.4. The molecule has 87 heavy (non-hydrogen) atoms. The molecule has 464 valence electrons. The van der Waals surface area contributed by atoms with Gasteiger partial charge in [0.1, 0.15) is 47.4 Å². The molecule has 0 heterocycles. The molecule has 14 heteroatoms. The van der Waals surface area contributed by atoms with Gasteiger partial charge in [0.2, 0.25) is 0 Å². The zero-order valence-electron chi connectivity index (χ0n) is 50.4.